The first-order chi connectivity index (χ1) is 6.18. The summed E-state index contributed by atoms with van der Waals surface area (Å²) in [6.07, 6.45) is 2.90. The van der Waals surface area contributed by atoms with E-state index in [9.17, 15) is 5.11 Å². The maximum absolute atomic E-state index is 9.85. The first-order valence-corrected chi connectivity index (χ1v) is 5.21. The standard InChI is InChI=1S/C8H12BrN3O/c1-12-7(8(9)10-11-12)6(13)4-5-2-3-5/h5-6,13H,2-4H2,1H3. The molecule has 0 bridgehead atoms. The minimum Gasteiger partial charge on any atom is -0.387 e. The summed E-state index contributed by atoms with van der Waals surface area (Å²) in [4.78, 5) is 0. The number of nitrogens with zero attached hydrogens (tertiary/aromatic N) is 3. The third kappa shape index (κ3) is 1.91. The molecule has 72 valence electrons. The minimum atomic E-state index is -0.429. The van der Waals surface area contributed by atoms with E-state index in [0.717, 1.165) is 12.1 Å². The fourth-order valence-electron chi connectivity index (χ4n) is 1.47. The van der Waals surface area contributed by atoms with Gasteiger partial charge >= 0.3 is 0 Å². The Morgan fingerprint density at radius 3 is 2.85 bits per heavy atom. The van der Waals surface area contributed by atoms with Crippen LogP contribution in [0.4, 0.5) is 0 Å². The molecule has 4 nitrogen and oxygen atoms in total. The Balaban J connectivity index is 2.12. The molecule has 0 aliphatic heterocycles. The van der Waals surface area contributed by atoms with E-state index in [1.165, 1.54) is 12.8 Å². The van der Waals surface area contributed by atoms with Gasteiger partial charge in [-0.25, -0.2) is 4.68 Å². The number of aryl methyl sites for hydroxylation is 1. The van der Waals surface area contributed by atoms with Crippen LogP contribution in [0.1, 0.15) is 31.1 Å². The fraction of sp³-hybridized carbons (Fsp3) is 0.750. The average molecular weight is 246 g/mol. The largest absolute Gasteiger partial charge is 0.387 e. The van der Waals surface area contributed by atoms with E-state index in [4.69, 9.17) is 0 Å². The molecule has 5 heteroatoms. The molecule has 1 aliphatic rings. The number of aliphatic hydroxyl groups is 1. The third-order valence-corrected chi connectivity index (χ3v) is 2.96. The zero-order valence-corrected chi connectivity index (χ0v) is 9.03. The van der Waals surface area contributed by atoms with Crippen LogP contribution in [0.3, 0.4) is 0 Å². The molecular formula is C8H12BrN3O. The van der Waals surface area contributed by atoms with E-state index in [0.29, 0.717) is 10.5 Å². The Morgan fingerprint density at radius 1 is 1.69 bits per heavy atom. The van der Waals surface area contributed by atoms with Gasteiger partial charge in [-0.1, -0.05) is 18.1 Å². The van der Waals surface area contributed by atoms with E-state index in [1.54, 1.807) is 11.7 Å². The molecule has 1 saturated carbocycles. The normalized spacial score (nSPS) is 19.0. The summed E-state index contributed by atoms with van der Waals surface area (Å²) in [5, 5.41) is 17.5. The number of rotatable bonds is 3. The van der Waals surface area contributed by atoms with Gasteiger partial charge in [0, 0.05) is 7.05 Å². The molecule has 1 N–H and O–H groups in total. The summed E-state index contributed by atoms with van der Waals surface area (Å²) >= 11 is 3.27. The molecule has 0 amide bonds. The molecule has 1 heterocycles. The van der Waals surface area contributed by atoms with Crippen molar-refractivity contribution in [3.63, 3.8) is 0 Å². The Bertz CT molecular complexity index is 289. The molecule has 1 fully saturated rings. The monoisotopic (exact) mass is 245 g/mol. The lowest BCUT2D eigenvalue weighted by atomic mass is 10.1. The number of aliphatic hydroxyl groups excluding tert-OH is 1. The van der Waals surface area contributed by atoms with Gasteiger partial charge in [0.15, 0.2) is 4.60 Å². The lowest BCUT2D eigenvalue weighted by molar-refractivity contribution is 0.150. The molecule has 2 rings (SSSR count). The topological polar surface area (TPSA) is 50.9 Å². The highest BCUT2D eigenvalue weighted by Crippen LogP contribution is 2.38. The molecule has 0 aromatic carbocycles. The maximum Gasteiger partial charge on any atom is 0.154 e. The predicted molar refractivity (Wildman–Crippen MR) is 51.0 cm³/mol. The van der Waals surface area contributed by atoms with Crippen LogP contribution in [0.15, 0.2) is 4.60 Å². The highest BCUT2D eigenvalue weighted by atomic mass is 79.9. The predicted octanol–water partition coefficient (Wildman–Crippen LogP) is 1.41. The quantitative estimate of drug-likeness (QED) is 0.877. The van der Waals surface area contributed by atoms with E-state index in [2.05, 4.69) is 26.2 Å². The van der Waals surface area contributed by atoms with Crippen molar-refractivity contribution in [1.82, 2.24) is 15.0 Å². The first kappa shape index (κ1) is 9.15. The van der Waals surface area contributed by atoms with Crippen molar-refractivity contribution in [3.8, 4) is 0 Å². The number of hydrogen-bond donors (Lipinski definition) is 1. The van der Waals surface area contributed by atoms with E-state index in [1.807, 2.05) is 0 Å². The molecule has 13 heavy (non-hydrogen) atoms. The van der Waals surface area contributed by atoms with Crippen molar-refractivity contribution < 1.29 is 5.11 Å². The second-order valence-corrected chi connectivity index (χ2v) is 4.34. The first-order valence-electron chi connectivity index (χ1n) is 4.41. The van der Waals surface area contributed by atoms with Gasteiger partial charge in [-0.2, -0.15) is 0 Å². The summed E-state index contributed by atoms with van der Waals surface area (Å²) in [6, 6.07) is 0. The molecule has 1 atom stereocenters. The van der Waals surface area contributed by atoms with Crippen molar-refractivity contribution in [3.05, 3.63) is 10.3 Å². The average Bonchev–Trinajstić information content (AvgIpc) is 2.79. The third-order valence-electron chi connectivity index (χ3n) is 2.40. The van der Waals surface area contributed by atoms with Crippen LogP contribution in [-0.4, -0.2) is 20.1 Å². The lowest BCUT2D eigenvalue weighted by Crippen LogP contribution is -2.06. The Kier molecular flexibility index (Phi) is 2.38. The van der Waals surface area contributed by atoms with Gasteiger partial charge in [0.2, 0.25) is 0 Å². The summed E-state index contributed by atoms with van der Waals surface area (Å²) in [7, 11) is 1.79. The Labute approximate surface area is 85.1 Å². The van der Waals surface area contributed by atoms with Gasteiger partial charge in [-0.15, -0.1) is 5.10 Å². The van der Waals surface area contributed by atoms with Crippen LogP contribution >= 0.6 is 15.9 Å². The van der Waals surface area contributed by atoms with Crippen LogP contribution in [-0.2, 0) is 7.05 Å². The zero-order valence-electron chi connectivity index (χ0n) is 7.44. The minimum absolute atomic E-state index is 0.429. The van der Waals surface area contributed by atoms with Gasteiger partial charge in [0.1, 0.15) is 5.69 Å². The fourth-order valence-corrected chi connectivity index (χ4v) is 2.07. The highest BCUT2D eigenvalue weighted by molar-refractivity contribution is 9.10. The molecule has 0 saturated heterocycles. The lowest BCUT2D eigenvalue weighted by Gasteiger charge is -2.09. The molecule has 1 aliphatic carbocycles. The van der Waals surface area contributed by atoms with E-state index in [-0.39, 0.29) is 0 Å². The Hall–Kier alpha value is -0.420. The number of hydrogen-bond acceptors (Lipinski definition) is 3. The molecular weight excluding hydrogens is 234 g/mol. The molecule has 1 unspecified atom stereocenters. The second-order valence-electron chi connectivity index (χ2n) is 3.58. The number of halogens is 1. The van der Waals surface area contributed by atoms with Crippen LogP contribution < -0.4 is 0 Å². The van der Waals surface area contributed by atoms with E-state index >= 15 is 0 Å². The van der Waals surface area contributed by atoms with Gasteiger partial charge in [-0.3, -0.25) is 0 Å². The van der Waals surface area contributed by atoms with Crippen LogP contribution in [0.5, 0.6) is 0 Å². The SMILES string of the molecule is Cn1nnc(Br)c1C(O)CC1CC1. The van der Waals surface area contributed by atoms with Crippen molar-refractivity contribution in [2.45, 2.75) is 25.4 Å². The second kappa shape index (κ2) is 3.38. The summed E-state index contributed by atoms with van der Waals surface area (Å²) in [5.74, 6) is 0.705. The summed E-state index contributed by atoms with van der Waals surface area (Å²) in [5.41, 5.74) is 0.784. The van der Waals surface area contributed by atoms with Crippen LogP contribution in [0.25, 0.3) is 0 Å². The molecule has 0 radical (unpaired) electrons. The van der Waals surface area contributed by atoms with E-state index < -0.39 is 6.10 Å². The molecule has 1 aromatic heterocycles. The van der Waals surface area contributed by atoms with Gasteiger partial charge in [0.05, 0.1) is 6.10 Å². The smallest absolute Gasteiger partial charge is 0.154 e. The van der Waals surface area contributed by atoms with Crippen LogP contribution in [0.2, 0.25) is 0 Å². The number of aromatic nitrogens is 3. The summed E-state index contributed by atoms with van der Waals surface area (Å²) < 4.78 is 2.28. The van der Waals surface area contributed by atoms with Crippen LogP contribution in [0, 0.1) is 5.92 Å². The van der Waals surface area contributed by atoms with Gasteiger partial charge in [-0.05, 0) is 28.3 Å². The van der Waals surface area contributed by atoms with Gasteiger partial charge < -0.3 is 5.11 Å². The van der Waals surface area contributed by atoms with Gasteiger partial charge in [0.25, 0.3) is 0 Å². The molecule has 0 spiro atoms. The summed E-state index contributed by atoms with van der Waals surface area (Å²) in [6.45, 7) is 0. The van der Waals surface area contributed by atoms with Crippen molar-refractivity contribution in [1.29, 1.82) is 0 Å². The van der Waals surface area contributed by atoms with Crippen molar-refractivity contribution >= 4 is 15.9 Å². The highest BCUT2D eigenvalue weighted by Gasteiger charge is 2.28. The van der Waals surface area contributed by atoms with Crippen molar-refractivity contribution in [2.75, 3.05) is 0 Å². The van der Waals surface area contributed by atoms with Crippen molar-refractivity contribution in [2.24, 2.45) is 13.0 Å². The molecule has 1 aromatic rings. The maximum atomic E-state index is 9.85. The zero-order chi connectivity index (χ0) is 9.42. The Morgan fingerprint density at radius 2 is 2.38 bits per heavy atom.